The molecule has 4 rings (SSSR count). The van der Waals surface area contributed by atoms with E-state index in [9.17, 15) is 35.6 Å². The lowest BCUT2D eigenvalue weighted by Crippen LogP contribution is -2.76. The van der Waals surface area contributed by atoms with Gasteiger partial charge < -0.3 is 34.8 Å². The Morgan fingerprint density at radius 1 is 1.19 bits per heavy atom. The van der Waals surface area contributed by atoms with Gasteiger partial charge >= 0.3 is 0 Å². The van der Waals surface area contributed by atoms with E-state index in [-0.39, 0.29) is 21.5 Å². The third-order valence-electron chi connectivity index (χ3n) is 5.77. The van der Waals surface area contributed by atoms with E-state index in [0.29, 0.717) is 16.6 Å². The van der Waals surface area contributed by atoms with E-state index in [1.54, 1.807) is 22.9 Å². The topological polar surface area (TPSA) is 158 Å². The molecule has 1 aliphatic rings. The molecule has 5 N–H and O–H groups in total. The van der Waals surface area contributed by atoms with Crippen molar-refractivity contribution < 1.29 is 35.2 Å². The number of nitro groups is 1. The van der Waals surface area contributed by atoms with E-state index < -0.39 is 41.5 Å². The molecule has 32 heavy (non-hydrogen) atoms. The molecule has 5 atom stereocenters. The zero-order valence-corrected chi connectivity index (χ0v) is 17.7. The number of fused-ring (bicyclic) bond motifs is 1. The third kappa shape index (κ3) is 3.41. The molecule has 1 saturated carbocycles. The van der Waals surface area contributed by atoms with Crippen molar-refractivity contribution in [3.8, 4) is 11.4 Å². The van der Waals surface area contributed by atoms with Crippen molar-refractivity contribution in [2.45, 2.75) is 24.1 Å². The summed E-state index contributed by atoms with van der Waals surface area (Å²) in [5.41, 5.74) is -1.23. The second-order valence-corrected chi connectivity index (χ2v) is 8.32. The molecule has 0 saturated heterocycles. The summed E-state index contributed by atoms with van der Waals surface area (Å²) in [6, 6.07) is 9.00. The fraction of sp³-hybridized carbons (Fsp3) is 0.300. The number of ether oxygens (including phenoxy) is 1. The summed E-state index contributed by atoms with van der Waals surface area (Å²) in [4.78, 5) is 10.5. The monoisotopic (exact) mass is 484 g/mol. The fourth-order valence-electron chi connectivity index (χ4n) is 3.92. The first-order valence-electron chi connectivity index (χ1n) is 9.38. The molecule has 1 aromatic heterocycles. The van der Waals surface area contributed by atoms with Crippen molar-refractivity contribution in [2.24, 2.45) is 5.92 Å². The van der Waals surface area contributed by atoms with Crippen LogP contribution in [0.1, 0.15) is 0 Å². The highest BCUT2D eigenvalue weighted by Gasteiger charge is 2.65. The van der Waals surface area contributed by atoms with Gasteiger partial charge in [0.15, 0.2) is 11.4 Å². The minimum atomic E-state index is -2.33. The Balaban J connectivity index is 1.65. The van der Waals surface area contributed by atoms with Crippen molar-refractivity contribution in [2.75, 3.05) is 6.61 Å². The van der Waals surface area contributed by atoms with Crippen LogP contribution in [0.4, 0.5) is 5.69 Å². The summed E-state index contributed by atoms with van der Waals surface area (Å²) in [7, 11) is 0. The lowest BCUT2D eigenvalue weighted by molar-refractivity contribution is -0.384. The van der Waals surface area contributed by atoms with E-state index in [2.05, 4.69) is 0 Å². The van der Waals surface area contributed by atoms with Gasteiger partial charge in [0.25, 0.3) is 5.69 Å². The maximum atomic E-state index is 11.0. The number of aliphatic hydroxyl groups is 5. The van der Waals surface area contributed by atoms with Crippen LogP contribution in [-0.2, 0) is 0 Å². The molecular weight excluding hydrogens is 467 g/mol. The maximum absolute atomic E-state index is 11.0. The van der Waals surface area contributed by atoms with E-state index in [1.165, 1.54) is 24.3 Å². The molecule has 3 unspecified atom stereocenters. The van der Waals surface area contributed by atoms with Gasteiger partial charge in [-0.15, -0.1) is 0 Å². The largest absolute Gasteiger partial charge is 0.459 e. The van der Waals surface area contributed by atoms with Crippen LogP contribution in [0, 0.1) is 16.0 Å². The number of rotatable bonds is 6. The van der Waals surface area contributed by atoms with Gasteiger partial charge in [0, 0.05) is 35.3 Å². The summed E-state index contributed by atoms with van der Waals surface area (Å²) in [6.45, 7) is -0.700. The zero-order chi connectivity index (χ0) is 23.4. The number of halogens is 2. The number of nitrogens with zero attached hydrogens (tertiary/aromatic N) is 2. The second-order valence-electron chi connectivity index (χ2n) is 7.51. The summed E-state index contributed by atoms with van der Waals surface area (Å²) >= 11 is 12.6. The Hall–Kier alpha value is -2.44. The van der Waals surface area contributed by atoms with Gasteiger partial charge in [0.05, 0.1) is 33.2 Å². The first-order chi connectivity index (χ1) is 15.1. The van der Waals surface area contributed by atoms with Crippen molar-refractivity contribution >= 4 is 39.8 Å². The molecule has 10 nitrogen and oxygen atoms in total. The number of benzene rings is 2. The average molecular weight is 485 g/mol. The average Bonchev–Trinajstić information content (AvgIpc) is 3.19. The molecule has 0 radical (unpaired) electrons. The van der Waals surface area contributed by atoms with Gasteiger partial charge in [0.2, 0.25) is 6.29 Å². The normalized spacial score (nSPS) is 26.0. The predicted octanol–water partition coefficient (Wildman–Crippen LogP) is 1.62. The van der Waals surface area contributed by atoms with E-state index in [1.807, 2.05) is 0 Å². The minimum Gasteiger partial charge on any atom is -0.459 e. The molecule has 0 amide bonds. The fourth-order valence-corrected chi connectivity index (χ4v) is 4.49. The smallest absolute Gasteiger partial charge is 0.270 e. The zero-order valence-electron chi connectivity index (χ0n) is 16.2. The Bertz CT molecular complexity index is 1180. The molecule has 2 aromatic carbocycles. The second kappa shape index (κ2) is 8.16. The molecule has 0 spiro atoms. The third-order valence-corrected chi connectivity index (χ3v) is 6.33. The van der Waals surface area contributed by atoms with Crippen molar-refractivity contribution in [3.05, 3.63) is 62.8 Å². The number of aliphatic hydroxyl groups excluding tert-OH is 4. The van der Waals surface area contributed by atoms with E-state index in [0.717, 1.165) is 0 Å². The Kier molecular flexibility index (Phi) is 5.80. The predicted molar refractivity (Wildman–Crippen MR) is 114 cm³/mol. The lowest BCUT2D eigenvalue weighted by Gasteiger charge is -2.53. The van der Waals surface area contributed by atoms with Gasteiger partial charge in [-0.05, 0) is 24.3 Å². The first-order valence-corrected chi connectivity index (χ1v) is 10.1. The van der Waals surface area contributed by atoms with Gasteiger partial charge in [-0.1, -0.05) is 23.2 Å². The Morgan fingerprint density at radius 3 is 2.44 bits per heavy atom. The number of hydrogen-bond acceptors (Lipinski definition) is 8. The highest BCUT2D eigenvalue weighted by atomic mass is 35.5. The van der Waals surface area contributed by atoms with Gasteiger partial charge in [-0.3, -0.25) is 10.1 Å². The number of aromatic nitrogens is 1. The van der Waals surface area contributed by atoms with Gasteiger partial charge in [-0.25, -0.2) is 0 Å². The molecule has 0 aliphatic heterocycles. The standard InChI is InChI=1S/C20H18Cl2N2O8/c21-13-6-11(23-4-3-9-5-10(24(30)31)1-2-15(9)23)7-14(22)17(13)32-19(28)20(29)12(8-25)16(26)18(20)27/h1-7,12,16,18-19,25-29H,8H2/t12?,16-,18?,19-,20?/m1/s1. The molecular formula is C20H18Cl2N2O8. The van der Waals surface area contributed by atoms with E-state index >= 15 is 0 Å². The Labute approximate surface area is 190 Å². The van der Waals surface area contributed by atoms with Crippen LogP contribution in [-0.4, -0.2) is 65.7 Å². The molecule has 170 valence electrons. The van der Waals surface area contributed by atoms with Crippen LogP contribution in [0.15, 0.2) is 42.6 Å². The van der Waals surface area contributed by atoms with Crippen LogP contribution in [0.2, 0.25) is 10.0 Å². The van der Waals surface area contributed by atoms with Crippen molar-refractivity contribution in [1.29, 1.82) is 0 Å². The maximum Gasteiger partial charge on any atom is 0.270 e. The lowest BCUT2D eigenvalue weighted by atomic mass is 9.64. The Morgan fingerprint density at radius 2 is 1.84 bits per heavy atom. The van der Waals surface area contributed by atoms with E-state index in [4.69, 9.17) is 27.9 Å². The first kappa shape index (κ1) is 22.7. The summed E-state index contributed by atoms with van der Waals surface area (Å²) in [6.07, 6.45) is -3.56. The van der Waals surface area contributed by atoms with Gasteiger partial charge in [0.1, 0.15) is 6.10 Å². The van der Waals surface area contributed by atoms with Crippen molar-refractivity contribution in [1.82, 2.24) is 4.57 Å². The summed E-state index contributed by atoms with van der Waals surface area (Å²) in [5.74, 6) is -1.42. The minimum absolute atomic E-state index is 0.0335. The molecule has 1 fully saturated rings. The SMILES string of the molecule is O=[N+]([O-])c1ccc2c(ccn2-c2cc(Cl)c(O[C@@H](O)C3(O)C(O)[C@H](O)C3CO)c(Cl)c2)c1. The quantitative estimate of drug-likeness (QED) is 0.200. The number of nitro benzene ring substituents is 1. The molecule has 1 heterocycles. The van der Waals surface area contributed by atoms with Crippen LogP contribution in [0.25, 0.3) is 16.6 Å². The number of non-ortho nitro benzene ring substituents is 1. The highest BCUT2D eigenvalue weighted by Crippen LogP contribution is 2.44. The van der Waals surface area contributed by atoms with Crippen LogP contribution < -0.4 is 4.74 Å². The summed E-state index contributed by atoms with van der Waals surface area (Å²) < 4.78 is 7.00. The van der Waals surface area contributed by atoms with Gasteiger partial charge in [-0.2, -0.15) is 0 Å². The van der Waals surface area contributed by atoms with Crippen LogP contribution in [0.3, 0.4) is 0 Å². The molecule has 0 bridgehead atoms. The molecule has 1 aliphatic carbocycles. The molecule has 12 heteroatoms. The number of hydrogen-bond donors (Lipinski definition) is 5. The van der Waals surface area contributed by atoms with Crippen LogP contribution >= 0.6 is 23.2 Å². The molecule has 3 aromatic rings. The highest BCUT2D eigenvalue weighted by molar-refractivity contribution is 6.37. The summed E-state index contributed by atoms with van der Waals surface area (Å²) in [5, 5.41) is 61.3. The van der Waals surface area contributed by atoms with Crippen LogP contribution in [0.5, 0.6) is 5.75 Å². The van der Waals surface area contributed by atoms with Crippen molar-refractivity contribution in [3.63, 3.8) is 0 Å².